The molecule has 8 heteroatoms. The van der Waals surface area contributed by atoms with Crippen LogP contribution < -0.4 is 4.74 Å². The van der Waals surface area contributed by atoms with E-state index in [1.165, 1.54) is 12.1 Å². The van der Waals surface area contributed by atoms with Crippen molar-refractivity contribution in [1.82, 2.24) is 14.7 Å². The van der Waals surface area contributed by atoms with Crippen LogP contribution in [0.3, 0.4) is 0 Å². The number of ether oxygens (including phenoxy) is 2. The van der Waals surface area contributed by atoms with Gasteiger partial charge >= 0.3 is 0 Å². The van der Waals surface area contributed by atoms with Gasteiger partial charge in [-0.3, -0.25) is 9.80 Å². The monoisotopic (exact) mass is 473 g/mol. The molecule has 33 heavy (non-hydrogen) atoms. The van der Waals surface area contributed by atoms with Crippen molar-refractivity contribution in [2.45, 2.75) is 26.1 Å². The molecule has 0 bridgehead atoms. The lowest BCUT2D eigenvalue weighted by molar-refractivity contribution is 0.0323. The van der Waals surface area contributed by atoms with Gasteiger partial charge in [-0.05, 0) is 42.8 Å². The Morgan fingerprint density at radius 2 is 1.85 bits per heavy atom. The summed E-state index contributed by atoms with van der Waals surface area (Å²) >= 11 is 6.25. The summed E-state index contributed by atoms with van der Waals surface area (Å²) in [4.78, 5) is 18.2. The number of benzene rings is 2. The Morgan fingerprint density at radius 1 is 1.09 bits per heavy atom. The summed E-state index contributed by atoms with van der Waals surface area (Å²) < 4.78 is 24.9. The number of halogens is 2. The van der Waals surface area contributed by atoms with Gasteiger partial charge in [-0.25, -0.2) is 9.18 Å². The van der Waals surface area contributed by atoms with E-state index in [2.05, 4.69) is 15.7 Å². The maximum absolute atomic E-state index is 13.2. The Kier molecular flexibility index (Phi) is 8.02. The number of nitrogens with zero attached hydrogens (tertiary/aromatic N) is 3. The lowest BCUT2D eigenvalue weighted by Gasteiger charge is -2.41. The minimum atomic E-state index is -0.268. The Bertz CT molecular complexity index is 991. The molecule has 2 aliphatic rings. The quantitative estimate of drug-likeness (QED) is 0.573. The summed E-state index contributed by atoms with van der Waals surface area (Å²) in [7, 11) is 0. The maximum Gasteiger partial charge on any atom is 0.147 e. The molecule has 0 spiro atoms. The van der Waals surface area contributed by atoms with E-state index in [1.54, 1.807) is 12.1 Å². The summed E-state index contributed by atoms with van der Waals surface area (Å²) in [5, 5.41) is 0.680. The molecule has 1 unspecified atom stereocenters. The zero-order valence-corrected chi connectivity index (χ0v) is 19.6. The highest BCUT2D eigenvalue weighted by Crippen LogP contribution is 2.27. The van der Waals surface area contributed by atoms with Gasteiger partial charge in [0.2, 0.25) is 0 Å². The van der Waals surface area contributed by atoms with Crippen LogP contribution in [-0.4, -0.2) is 72.8 Å². The first-order valence-electron chi connectivity index (χ1n) is 11.2. The van der Waals surface area contributed by atoms with E-state index in [9.17, 15) is 9.18 Å². The molecule has 2 heterocycles. The maximum atomic E-state index is 13.2. The Balaban J connectivity index is 1.39. The van der Waals surface area contributed by atoms with Crippen LogP contribution in [-0.2, 0) is 22.6 Å². The second-order valence-electron chi connectivity index (χ2n) is 8.44. The summed E-state index contributed by atoms with van der Waals surface area (Å²) in [6.07, 6.45) is 0. The molecule has 0 radical (unpaired) electrons. The minimum Gasteiger partial charge on any atom is -0.478 e. The molecular formula is C25H29ClFN3O3. The molecule has 176 valence electrons. The van der Waals surface area contributed by atoms with E-state index in [1.807, 2.05) is 30.0 Å². The number of rotatable bonds is 7. The second-order valence-corrected chi connectivity index (χ2v) is 8.87. The highest BCUT2D eigenvalue weighted by Gasteiger charge is 2.30. The number of hydrogen-bond acceptors (Lipinski definition) is 6. The van der Waals surface area contributed by atoms with E-state index in [0.717, 1.165) is 56.3 Å². The zero-order valence-electron chi connectivity index (χ0n) is 18.8. The van der Waals surface area contributed by atoms with Gasteiger partial charge in [0, 0.05) is 49.9 Å². The molecule has 2 aliphatic heterocycles. The molecule has 4 rings (SSSR count). The zero-order chi connectivity index (χ0) is 23.2. The van der Waals surface area contributed by atoms with Gasteiger partial charge in [0.05, 0.1) is 19.3 Å². The molecule has 0 saturated carbocycles. The van der Waals surface area contributed by atoms with E-state index in [0.29, 0.717) is 30.5 Å². The van der Waals surface area contributed by atoms with E-state index < -0.39 is 0 Å². The van der Waals surface area contributed by atoms with Crippen LogP contribution in [0.15, 0.2) is 48.2 Å². The molecule has 0 N–H and O–H groups in total. The van der Waals surface area contributed by atoms with Gasteiger partial charge in [-0.1, -0.05) is 23.7 Å². The van der Waals surface area contributed by atoms with Gasteiger partial charge in [0.15, 0.2) is 0 Å². The van der Waals surface area contributed by atoms with Crippen LogP contribution in [0.4, 0.5) is 4.39 Å². The van der Waals surface area contributed by atoms with Crippen LogP contribution in [0.5, 0.6) is 5.75 Å². The smallest absolute Gasteiger partial charge is 0.147 e. The van der Waals surface area contributed by atoms with Gasteiger partial charge in [0.1, 0.15) is 29.9 Å². The number of hydrogen-bond donors (Lipinski definition) is 0. The second kappa shape index (κ2) is 11.1. The van der Waals surface area contributed by atoms with E-state index in [4.69, 9.17) is 21.1 Å². The Labute approximate surface area is 199 Å². The number of piperazine rings is 1. The molecule has 2 aromatic rings. The molecular weight excluding hydrogens is 445 g/mol. The lowest BCUT2D eigenvalue weighted by atomic mass is 10.1. The van der Waals surface area contributed by atoms with Crippen LogP contribution in [0, 0.1) is 5.82 Å². The standard InChI is InChI=1S/C25H29ClFN3O3/c1-19-24(17-31)29(15-20-2-5-23(27)6-3-20)8-9-30(19)18-33-25-7-4-22(26)14-21(25)16-28-10-12-32-13-11-28/h2-7,14,19H,8-13,15-16,18H2,1H3. The predicted octanol–water partition coefficient (Wildman–Crippen LogP) is 3.57. The van der Waals surface area contributed by atoms with Crippen molar-refractivity contribution in [3.05, 3.63) is 70.1 Å². The molecule has 0 aromatic heterocycles. The third-order valence-corrected chi connectivity index (χ3v) is 6.47. The van der Waals surface area contributed by atoms with Crippen molar-refractivity contribution in [1.29, 1.82) is 0 Å². The molecule has 2 fully saturated rings. The van der Waals surface area contributed by atoms with Gasteiger partial charge in [-0.15, -0.1) is 0 Å². The molecule has 0 amide bonds. The third kappa shape index (κ3) is 6.14. The molecule has 6 nitrogen and oxygen atoms in total. The normalized spacial score (nSPS) is 20.0. The first kappa shape index (κ1) is 23.7. The fraction of sp³-hybridized carbons (Fsp3) is 0.440. The van der Waals surface area contributed by atoms with Crippen molar-refractivity contribution in [3.63, 3.8) is 0 Å². The summed E-state index contributed by atoms with van der Waals surface area (Å²) in [6, 6.07) is 11.9. The number of morpholine rings is 1. The predicted molar refractivity (Wildman–Crippen MR) is 125 cm³/mol. The highest BCUT2D eigenvalue weighted by molar-refractivity contribution is 6.30. The SMILES string of the molecule is CC1C(=C=O)N(Cc2ccc(F)cc2)CCN1COc1ccc(Cl)cc1CN1CCOCC1. The van der Waals surface area contributed by atoms with Crippen LogP contribution in [0.25, 0.3) is 0 Å². The van der Waals surface area contributed by atoms with Crippen molar-refractivity contribution in [2.75, 3.05) is 46.1 Å². The van der Waals surface area contributed by atoms with E-state index >= 15 is 0 Å². The minimum absolute atomic E-state index is 0.147. The van der Waals surface area contributed by atoms with Crippen molar-refractivity contribution < 1.29 is 18.7 Å². The summed E-state index contributed by atoms with van der Waals surface area (Å²) in [5.41, 5.74) is 2.58. The average Bonchev–Trinajstić information content (AvgIpc) is 2.82. The fourth-order valence-corrected chi connectivity index (χ4v) is 4.46. The largest absolute Gasteiger partial charge is 0.478 e. The first-order valence-corrected chi connectivity index (χ1v) is 11.6. The lowest BCUT2D eigenvalue weighted by Crippen LogP contribution is -2.51. The van der Waals surface area contributed by atoms with Gasteiger partial charge < -0.3 is 14.4 Å². The topological polar surface area (TPSA) is 45.2 Å². The summed E-state index contributed by atoms with van der Waals surface area (Å²) in [5.74, 6) is 2.65. The molecule has 0 aliphatic carbocycles. The average molecular weight is 474 g/mol. The van der Waals surface area contributed by atoms with Crippen molar-refractivity contribution >= 4 is 17.5 Å². The van der Waals surface area contributed by atoms with Crippen LogP contribution in [0.1, 0.15) is 18.1 Å². The molecule has 1 atom stereocenters. The van der Waals surface area contributed by atoms with Gasteiger partial charge in [0.25, 0.3) is 0 Å². The third-order valence-electron chi connectivity index (χ3n) is 6.24. The van der Waals surface area contributed by atoms with E-state index in [-0.39, 0.29) is 11.9 Å². The fourth-order valence-electron chi connectivity index (χ4n) is 4.27. The molecule has 2 saturated heterocycles. The van der Waals surface area contributed by atoms with Gasteiger partial charge in [-0.2, -0.15) is 0 Å². The van der Waals surface area contributed by atoms with Crippen molar-refractivity contribution in [2.24, 2.45) is 0 Å². The first-order chi connectivity index (χ1) is 16.0. The molecule has 2 aromatic carbocycles. The number of carbonyl (C=O) groups excluding carboxylic acids is 1. The van der Waals surface area contributed by atoms with Crippen LogP contribution in [0.2, 0.25) is 5.02 Å². The Morgan fingerprint density at radius 3 is 2.58 bits per heavy atom. The van der Waals surface area contributed by atoms with Crippen molar-refractivity contribution in [3.8, 4) is 5.75 Å². The highest BCUT2D eigenvalue weighted by atomic mass is 35.5. The van der Waals surface area contributed by atoms with Crippen LogP contribution >= 0.6 is 11.6 Å². The summed E-state index contributed by atoms with van der Waals surface area (Å²) in [6.45, 7) is 8.26. The Hall–Kier alpha value is -2.41.